The molecule has 8 nitrogen and oxygen atoms in total. The van der Waals surface area contributed by atoms with E-state index in [1.807, 2.05) is 11.8 Å². The van der Waals surface area contributed by atoms with Gasteiger partial charge in [-0.25, -0.2) is 0 Å². The number of carbonyl (C=O) groups excluding carboxylic acids is 1. The highest BCUT2D eigenvalue weighted by Gasteiger charge is 2.55. The van der Waals surface area contributed by atoms with Crippen molar-refractivity contribution in [2.45, 2.75) is 51.4 Å². The molecule has 0 aromatic carbocycles. The molecule has 0 spiro atoms. The number of hydrogen-bond acceptors (Lipinski definition) is 6. The number of fused-ring (bicyclic) bond motifs is 1. The van der Waals surface area contributed by atoms with Gasteiger partial charge in [0.1, 0.15) is 0 Å². The van der Waals surface area contributed by atoms with Gasteiger partial charge < -0.3 is 9.42 Å². The van der Waals surface area contributed by atoms with E-state index in [9.17, 15) is 4.79 Å². The standard InChI is InChI=1S/C17H24N6O2/c1-10(2)14-18-16(25-20-14)17-7-5-6-12(17)8-23(9-17)15(24)13-11(3)22(4)21-19-13/h10,12H,5-9H2,1-4H3/t12-,17-/m0/s1. The first-order valence-electron chi connectivity index (χ1n) is 8.92. The zero-order valence-electron chi connectivity index (χ0n) is 15.2. The van der Waals surface area contributed by atoms with Gasteiger partial charge in [-0.15, -0.1) is 5.10 Å². The van der Waals surface area contributed by atoms with E-state index in [1.165, 1.54) is 0 Å². The van der Waals surface area contributed by atoms with Crippen LogP contribution in [0.4, 0.5) is 0 Å². The van der Waals surface area contributed by atoms with Crippen molar-refractivity contribution in [3.8, 4) is 0 Å². The SMILES string of the molecule is Cc1c(C(=O)N2C[C@@H]3CCC[C@]3(c3nc(C(C)C)no3)C2)nnn1C. The largest absolute Gasteiger partial charge is 0.339 e. The van der Waals surface area contributed by atoms with E-state index in [4.69, 9.17) is 4.52 Å². The molecule has 0 bridgehead atoms. The topological polar surface area (TPSA) is 89.9 Å². The second-order valence-corrected chi connectivity index (χ2v) is 7.69. The molecule has 1 aliphatic heterocycles. The maximum atomic E-state index is 12.9. The third-order valence-electron chi connectivity index (χ3n) is 5.85. The van der Waals surface area contributed by atoms with E-state index in [2.05, 4.69) is 34.3 Å². The minimum absolute atomic E-state index is 0.0528. The summed E-state index contributed by atoms with van der Waals surface area (Å²) < 4.78 is 7.28. The third kappa shape index (κ3) is 2.38. The van der Waals surface area contributed by atoms with E-state index in [0.717, 1.165) is 30.8 Å². The van der Waals surface area contributed by atoms with Crippen molar-refractivity contribution < 1.29 is 9.32 Å². The number of amides is 1. The first-order valence-corrected chi connectivity index (χ1v) is 8.92. The van der Waals surface area contributed by atoms with Crippen LogP contribution in [0, 0.1) is 12.8 Å². The average Bonchev–Trinajstić information content (AvgIpc) is 3.30. The normalized spacial score (nSPS) is 25.8. The Labute approximate surface area is 146 Å². The number of rotatable bonds is 3. The summed E-state index contributed by atoms with van der Waals surface area (Å²) in [4.78, 5) is 19.5. The molecule has 0 unspecified atom stereocenters. The lowest BCUT2D eigenvalue weighted by Crippen LogP contribution is -2.35. The lowest BCUT2D eigenvalue weighted by atomic mass is 9.80. The molecule has 1 saturated carbocycles. The van der Waals surface area contributed by atoms with Gasteiger partial charge in [0.2, 0.25) is 5.89 Å². The zero-order chi connectivity index (χ0) is 17.8. The molecule has 8 heteroatoms. The lowest BCUT2D eigenvalue weighted by Gasteiger charge is -2.24. The van der Waals surface area contributed by atoms with Gasteiger partial charge in [0.15, 0.2) is 11.5 Å². The van der Waals surface area contributed by atoms with Crippen molar-refractivity contribution in [3.63, 3.8) is 0 Å². The van der Waals surface area contributed by atoms with Crippen LogP contribution in [-0.2, 0) is 12.5 Å². The Morgan fingerprint density at radius 3 is 2.84 bits per heavy atom. The van der Waals surface area contributed by atoms with Crippen molar-refractivity contribution in [2.24, 2.45) is 13.0 Å². The number of likely N-dealkylation sites (tertiary alicyclic amines) is 1. The van der Waals surface area contributed by atoms with Crippen LogP contribution in [0.1, 0.15) is 66.9 Å². The van der Waals surface area contributed by atoms with Crippen LogP contribution >= 0.6 is 0 Å². The molecule has 0 N–H and O–H groups in total. The van der Waals surface area contributed by atoms with E-state index < -0.39 is 0 Å². The van der Waals surface area contributed by atoms with Gasteiger partial charge in [-0.2, -0.15) is 4.98 Å². The van der Waals surface area contributed by atoms with Crippen molar-refractivity contribution >= 4 is 5.91 Å². The fraction of sp³-hybridized carbons (Fsp3) is 0.706. The summed E-state index contributed by atoms with van der Waals surface area (Å²) in [5.41, 5.74) is 1.02. The summed E-state index contributed by atoms with van der Waals surface area (Å²) in [6.45, 7) is 7.31. The molecule has 134 valence electrons. The Morgan fingerprint density at radius 2 is 2.20 bits per heavy atom. The summed E-state index contributed by atoms with van der Waals surface area (Å²) in [5, 5.41) is 12.1. The molecule has 2 aromatic heterocycles. The molecule has 25 heavy (non-hydrogen) atoms. The molecule has 1 saturated heterocycles. The van der Waals surface area contributed by atoms with E-state index in [0.29, 0.717) is 30.6 Å². The molecule has 1 amide bonds. The highest BCUT2D eigenvalue weighted by molar-refractivity contribution is 5.93. The summed E-state index contributed by atoms with van der Waals surface area (Å²) >= 11 is 0. The predicted octanol–water partition coefficient (Wildman–Crippen LogP) is 1.82. The van der Waals surface area contributed by atoms with Crippen LogP contribution in [-0.4, -0.2) is 49.0 Å². The zero-order valence-corrected chi connectivity index (χ0v) is 15.2. The Bertz CT molecular complexity index is 810. The fourth-order valence-electron chi connectivity index (χ4n) is 4.22. The van der Waals surface area contributed by atoms with Crippen LogP contribution in [0.5, 0.6) is 0 Å². The van der Waals surface area contributed by atoms with Crippen molar-refractivity contribution in [1.82, 2.24) is 30.0 Å². The number of carbonyl (C=O) groups is 1. The Balaban J connectivity index is 1.63. The van der Waals surface area contributed by atoms with Crippen molar-refractivity contribution in [1.29, 1.82) is 0 Å². The monoisotopic (exact) mass is 344 g/mol. The highest BCUT2D eigenvalue weighted by atomic mass is 16.5. The molecule has 0 radical (unpaired) electrons. The van der Waals surface area contributed by atoms with Gasteiger partial charge in [-0.1, -0.05) is 30.6 Å². The maximum Gasteiger partial charge on any atom is 0.276 e. The highest BCUT2D eigenvalue weighted by Crippen LogP contribution is 2.50. The number of nitrogens with zero attached hydrogens (tertiary/aromatic N) is 6. The summed E-state index contributed by atoms with van der Waals surface area (Å²) in [7, 11) is 1.80. The molecule has 2 atom stereocenters. The average molecular weight is 344 g/mol. The van der Waals surface area contributed by atoms with E-state index in [-0.39, 0.29) is 17.2 Å². The van der Waals surface area contributed by atoms with Gasteiger partial charge in [0.25, 0.3) is 5.91 Å². The summed E-state index contributed by atoms with van der Waals surface area (Å²) in [6, 6.07) is 0. The smallest absolute Gasteiger partial charge is 0.276 e. The van der Waals surface area contributed by atoms with Gasteiger partial charge >= 0.3 is 0 Å². The number of aryl methyl sites for hydroxylation is 1. The van der Waals surface area contributed by atoms with E-state index in [1.54, 1.807) is 11.7 Å². The maximum absolute atomic E-state index is 12.9. The Hall–Kier alpha value is -2.25. The quantitative estimate of drug-likeness (QED) is 0.844. The van der Waals surface area contributed by atoms with Crippen LogP contribution in [0.3, 0.4) is 0 Å². The third-order valence-corrected chi connectivity index (χ3v) is 5.85. The van der Waals surface area contributed by atoms with Gasteiger partial charge in [-0.05, 0) is 25.7 Å². The lowest BCUT2D eigenvalue weighted by molar-refractivity contribution is 0.0768. The molecule has 2 fully saturated rings. The Kier molecular flexibility index (Phi) is 3.66. The predicted molar refractivity (Wildman–Crippen MR) is 89.0 cm³/mol. The summed E-state index contributed by atoms with van der Waals surface area (Å²) in [6.07, 6.45) is 3.21. The Morgan fingerprint density at radius 1 is 1.40 bits per heavy atom. The molecule has 3 heterocycles. The minimum atomic E-state index is -0.202. The second-order valence-electron chi connectivity index (χ2n) is 7.69. The van der Waals surface area contributed by atoms with Crippen molar-refractivity contribution in [2.75, 3.05) is 13.1 Å². The number of hydrogen-bond donors (Lipinski definition) is 0. The molecule has 4 rings (SSSR count). The van der Waals surface area contributed by atoms with Crippen molar-refractivity contribution in [3.05, 3.63) is 23.1 Å². The van der Waals surface area contributed by atoms with Crippen LogP contribution in [0.15, 0.2) is 4.52 Å². The van der Waals surface area contributed by atoms with Crippen LogP contribution in [0.25, 0.3) is 0 Å². The second kappa shape index (κ2) is 5.64. The first kappa shape index (κ1) is 16.2. The number of aromatic nitrogens is 5. The van der Waals surface area contributed by atoms with Gasteiger partial charge in [-0.3, -0.25) is 9.48 Å². The fourth-order valence-corrected chi connectivity index (χ4v) is 4.22. The molecular weight excluding hydrogens is 320 g/mol. The van der Waals surface area contributed by atoms with Crippen LogP contribution in [0.2, 0.25) is 0 Å². The minimum Gasteiger partial charge on any atom is -0.339 e. The van der Waals surface area contributed by atoms with Gasteiger partial charge in [0.05, 0.1) is 11.1 Å². The van der Waals surface area contributed by atoms with E-state index >= 15 is 0 Å². The van der Waals surface area contributed by atoms with Crippen LogP contribution < -0.4 is 0 Å². The first-order chi connectivity index (χ1) is 11.9. The summed E-state index contributed by atoms with van der Waals surface area (Å²) in [5.74, 6) is 1.99. The molecule has 2 aliphatic rings. The molecule has 1 aliphatic carbocycles. The molecular formula is C17H24N6O2. The van der Waals surface area contributed by atoms with Gasteiger partial charge in [0, 0.05) is 26.1 Å². The molecule has 2 aromatic rings.